The molecule has 0 spiro atoms. The van der Waals surface area contributed by atoms with Crippen LogP contribution in [0.3, 0.4) is 0 Å². The molecule has 5 heteroatoms. The number of aryl methyl sites for hydroxylation is 1. The molecule has 3 aromatic carbocycles. The van der Waals surface area contributed by atoms with Crippen molar-refractivity contribution >= 4 is 23.6 Å². The molecule has 4 rings (SSSR count). The number of nitrogens with one attached hydrogen (secondary N) is 1. The van der Waals surface area contributed by atoms with E-state index in [0.29, 0.717) is 18.7 Å². The van der Waals surface area contributed by atoms with E-state index in [1.807, 2.05) is 65.6 Å². The number of hydrogen-bond donors (Lipinski definition) is 1. The molecule has 4 nitrogen and oxygen atoms in total. The summed E-state index contributed by atoms with van der Waals surface area (Å²) in [4.78, 5) is 29.2. The van der Waals surface area contributed by atoms with Crippen LogP contribution in [0.5, 0.6) is 0 Å². The van der Waals surface area contributed by atoms with Crippen molar-refractivity contribution in [2.45, 2.75) is 63.4 Å². The van der Waals surface area contributed by atoms with Gasteiger partial charge < -0.3 is 10.2 Å². The fourth-order valence-electron chi connectivity index (χ4n) is 4.84. The minimum atomic E-state index is -0.557. The average molecular weight is 501 g/mol. The Morgan fingerprint density at radius 3 is 2.19 bits per heavy atom. The van der Waals surface area contributed by atoms with Crippen LogP contribution >= 0.6 is 11.8 Å². The number of nitrogens with zero attached hydrogens (tertiary/aromatic N) is 1. The maximum absolute atomic E-state index is 13.7. The van der Waals surface area contributed by atoms with Gasteiger partial charge in [-0.15, -0.1) is 11.8 Å². The summed E-state index contributed by atoms with van der Waals surface area (Å²) >= 11 is 1.60. The summed E-state index contributed by atoms with van der Waals surface area (Å²) in [5.74, 6) is 1.06. The van der Waals surface area contributed by atoms with Gasteiger partial charge in [0.25, 0.3) is 0 Å². The lowest BCUT2D eigenvalue weighted by atomic mass is 10.0. The zero-order valence-corrected chi connectivity index (χ0v) is 21.9. The molecule has 188 valence electrons. The van der Waals surface area contributed by atoms with Crippen LogP contribution in [0.25, 0.3) is 0 Å². The Labute approximate surface area is 219 Å². The van der Waals surface area contributed by atoms with Gasteiger partial charge in [0.15, 0.2) is 0 Å². The molecule has 1 saturated carbocycles. The highest BCUT2D eigenvalue weighted by Gasteiger charge is 2.32. The second-order valence-electron chi connectivity index (χ2n) is 9.68. The maximum Gasteiger partial charge on any atom is 0.243 e. The molecule has 0 aliphatic heterocycles. The van der Waals surface area contributed by atoms with Crippen LogP contribution in [-0.2, 0) is 28.3 Å². The molecule has 0 heterocycles. The summed E-state index contributed by atoms with van der Waals surface area (Å²) in [6, 6.07) is 28.1. The normalized spacial score (nSPS) is 14.4. The molecular weight excluding hydrogens is 464 g/mol. The van der Waals surface area contributed by atoms with Crippen LogP contribution in [0.4, 0.5) is 0 Å². The topological polar surface area (TPSA) is 49.4 Å². The minimum Gasteiger partial charge on any atom is -0.352 e. The Balaban J connectivity index is 1.56. The molecule has 3 aromatic rings. The first-order valence-electron chi connectivity index (χ1n) is 12.9. The standard InChI is InChI=1S/C31H36N2O2S/c1-24-11-10-16-27(19-24)21-33(30(34)23-36-22-26-14-6-3-7-15-26)29(20-25-12-4-2-5-13-25)31(35)32-28-17-8-9-18-28/h2-7,10-16,19,28-29H,8-9,17-18,20-23H2,1H3,(H,32,35)/t29-/m1/s1. The monoisotopic (exact) mass is 500 g/mol. The molecule has 2 amide bonds. The second-order valence-corrected chi connectivity index (χ2v) is 10.7. The van der Waals surface area contributed by atoms with Gasteiger partial charge >= 0.3 is 0 Å². The van der Waals surface area contributed by atoms with E-state index in [1.54, 1.807) is 11.8 Å². The summed E-state index contributed by atoms with van der Waals surface area (Å²) in [6.45, 7) is 2.47. The zero-order chi connectivity index (χ0) is 25.2. The molecule has 0 bridgehead atoms. The van der Waals surface area contributed by atoms with E-state index < -0.39 is 6.04 Å². The second kappa shape index (κ2) is 13.3. The van der Waals surface area contributed by atoms with Gasteiger partial charge in [-0.05, 0) is 36.5 Å². The summed E-state index contributed by atoms with van der Waals surface area (Å²) in [5, 5.41) is 3.27. The first-order valence-corrected chi connectivity index (χ1v) is 14.0. The van der Waals surface area contributed by atoms with Gasteiger partial charge in [-0.1, -0.05) is 103 Å². The van der Waals surface area contributed by atoms with E-state index in [-0.39, 0.29) is 17.9 Å². The number of amides is 2. The molecular formula is C31H36N2O2S. The molecule has 1 aliphatic carbocycles. The van der Waals surface area contributed by atoms with Crippen LogP contribution in [-0.4, -0.2) is 34.6 Å². The summed E-state index contributed by atoms with van der Waals surface area (Å²) < 4.78 is 0. The van der Waals surface area contributed by atoms with E-state index in [0.717, 1.165) is 48.1 Å². The predicted octanol–water partition coefficient (Wildman–Crippen LogP) is 5.93. The lowest BCUT2D eigenvalue weighted by Crippen LogP contribution is -2.52. The fourth-order valence-corrected chi connectivity index (χ4v) is 5.71. The third kappa shape index (κ3) is 7.72. The highest BCUT2D eigenvalue weighted by Crippen LogP contribution is 2.21. The Bertz CT molecular complexity index is 1110. The zero-order valence-electron chi connectivity index (χ0n) is 21.1. The van der Waals surface area contributed by atoms with Crippen molar-refractivity contribution in [2.24, 2.45) is 0 Å². The van der Waals surface area contributed by atoms with Crippen molar-refractivity contribution in [1.29, 1.82) is 0 Å². The van der Waals surface area contributed by atoms with Crippen LogP contribution < -0.4 is 5.32 Å². The molecule has 0 saturated heterocycles. The Morgan fingerprint density at radius 1 is 0.889 bits per heavy atom. The third-order valence-electron chi connectivity index (χ3n) is 6.75. The highest BCUT2D eigenvalue weighted by atomic mass is 32.2. The summed E-state index contributed by atoms with van der Waals surface area (Å²) in [7, 11) is 0. The van der Waals surface area contributed by atoms with Gasteiger partial charge in [0, 0.05) is 24.8 Å². The van der Waals surface area contributed by atoms with Crippen LogP contribution in [0, 0.1) is 6.92 Å². The molecule has 1 fully saturated rings. The SMILES string of the molecule is Cc1cccc(CN(C(=O)CSCc2ccccc2)[C@H](Cc2ccccc2)C(=O)NC2CCCC2)c1. The Morgan fingerprint density at radius 2 is 1.53 bits per heavy atom. The summed E-state index contributed by atoms with van der Waals surface area (Å²) in [6.07, 6.45) is 4.83. The van der Waals surface area contributed by atoms with Gasteiger partial charge in [-0.25, -0.2) is 0 Å². The first kappa shape index (κ1) is 26.0. The largest absolute Gasteiger partial charge is 0.352 e. The van der Waals surface area contributed by atoms with Crippen molar-refractivity contribution in [3.8, 4) is 0 Å². The van der Waals surface area contributed by atoms with E-state index in [9.17, 15) is 9.59 Å². The lowest BCUT2D eigenvalue weighted by Gasteiger charge is -2.32. The maximum atomic E-state index is 13.7. The smallest absolute Gasteiger partial charge is 0.243 e. The van der Waals surface area contributed by atoms with Gasteiger partial charge in [0.05, 0.1) is 5.75 Å². The predicted molar refractivity (Wildman–Crippen MR) is 149 cm³/mol. The Hall–Kier alpha value is -3.05. The van der Waals surface area contributed by atoms with E-state index >= 15 is 0 Å². The molecule has 1 N–H and O–H groups in total. The molecule has 1 atom stereocenters. The molecule has 0 aromatic heterocycles. The Kier molecular flexibility index (Phi) is 9.62. The number of carbonyl (C=O) groups excluding carboxylic acids is 2. The molecule has 1 aliphatic rings. The van der Waals surface area contributed by atoms with Gasteiger partial charge in [-0.3, -0.25) is 9.59 Å². The quantitative estimate of drug-likeness (QED) is 0.355. The fraction of sp³-hybridized carbons (Fsp3) is 0.355. The lowest BCUT2D eigenvalue weighted by molar-refractivity contribution is -0.139. The highest BCUT2D eigenvalue weighted by molar-refractivity contribution is 7.99. The van der Waals surface area contributed by atoms with E-state index in [4.69, 9.17) is 0 Å². The third-order valence-corrected chi connectivity index (χ3v) is 7.73. The van der Waals surface area contributed by atoms with Gasteiger partial charge in [-0.2, -0.15) is 0 Å². The van der Waals surface area contributed by atoms with Gasteiger partial charge in [0.1, 0.15) is 6.04 Å². The van der Waals surface area contributed by atoms with Gasteiger partial charge in [0.2, 0.25) is 11.8 Å². The molecule has 36 heavy (non-hydrogen) atoms. The van der Waals surface area contributed by atoms with Crippen LogP contribution in [0.1, 0.15) is 47.9 Å². The van der Waals surface area contributed by atoms with Crippen molar-refractivity contribution in [3.63, 3.8) is 0 Å². The van der Waals surface area contributed by atoms with Crippen LogP contribution in [0.2, 0.25) is 0 Å². The number of thioether (sulfide) groups is 1. The van der Waals surface area contributed by atoms with Crippen LogP contribution in [0.15, 0.2) is 84.9 Å². The molecule has 0 radical (unpaired) electrons. The van der Waals surface area contributed by atoms with Crippen molar-refractivity contribution in [2.75, 3.05) is 5.75 Å². The minimum absolute atomic E-state index is 0.0000553. The number of rotatable bonds is 11. The van der Waals surface area contributed by atoms with E-state index in [1.165, 1.54) is 5.56 Å². The van der Waals surface area contributed by atoms with Crippen molar-refractivity contribution in [3.05, 3.63) is 107 Å². The van der Waals surface area contributed by atoms with Crippen molar-refractivity contribution in [1.82, 2.24) is 10.2 Å². The number of benzene rings is 3. The summed E-state index contributed by atoms with van der Waals surface area (Å²) in [5.41, 5.74) is 4.44. The van der Waals surface area contributed by atoms with E-state index in [2.05, 4.69) is 36.5 Å². The molecule has 0 unspecified atom stereocenters. The first-order chi connectivity index (χ1) is 17.6. The number of carbonyl (C=O) groups is 2. The number of hydrogen-bond acceptors (Lipinski definition) is 3. The average Bonchev–Trinajstić information content (AvgIpc) is 3.40. The van der Waals surface area contributed by atoms with Crippen molar-refractivity contribution < 1.29 is 9.59 Å².